The molecule has 0 aliphatic carbocycles. The van der Waals surface area contributed by atoms with Gasteiger partial charge in [0, 0.05) is 23.8 Å². The Morgan fingerprint density at radius 3 is 1.92 bits per heavy atom. The molecule has 3 nitrogen and oxygen atoms in total. The fourth-order valence-electron chi connectivity index (χ4n) is 1.21. The molecule has 0 aliphatic rings. The highest BCUT2D eigenvalue weighted by Crippen LogP contribution is 2.14. The molecule has 0 atom stereocenters. The Morgan fingerprint density at radius 1 is 1.23 bits per heavy atom. The smallest absolute Gasteiger partial charge is 0.195 e. The quantitative estimate of drug-likeness (QED) is 0.653. The lowest BCUT2D eigenvalue weighted by Gasteiger charge is -2.21. The molecule has 0 amide bonds. The third-order valence-corrected chi connectivity index (χ3v) is 3.89. The van der Waals surface area contributed by atoms with E-state index in [1.54, 1.807) is 6.92 Å². The van der Waals surface area contributed by atoms with Crippen LogP contribution in [0.4, 0.5) is 0 Å². The minimum atomic E-state index is -3.52. The molecule has 0 bridgehead atoms. The summed E-state index contributed by atoms with van der Waals surface area (Å²) in [6.45, 7) is 6.89. The first kappa shape index (κ1) is 13.2. The second kappa shape index (κ2) is 5.83. The van der Waals surface area contributed by atoms with Crippen molar-refractivity contribution in [1.29, 1.82) is 0 Å². The standard InChI is InChI=1S/C8H18ClNO2S/c1-4-8(5-2)7-10(6-3)13(9,11)12/h8H,4-7H2,1-3H3. The monoisotopic (exact) mass is 227 g/mol. The predicted molar refractivity (Wildman–Crippen MR) is 56.1 cm³/mol. The van der Waals surface area contributed by atoms with E-state index in [0.29, 0.717) is 19.0 Å². The van der Waals surface area contributed by atoms with E-state index >= 15 is 0 Å². The summed E-state index contributed by atoms with van der Waals surface area (Å²) in [4.78, 5) is 0. The number of nitrogens with zero attached hydrogens (tertiary/aromatic N) is 1. The summed E-state index contributed by atoms with van der Waals surface area (Å²) >= 11 is 0. The Morgan fingerprint density at radius 2 is 1.69 bits per heavy atom. The number of hydrogen-bond acceptors (Lipinski definition) is 2. The Labute approximate surface area is 85.6 Å². The van der Waals surface area contributed by atoms with Crippen molar-refractivity contribution in [3.8, 4) is 0 Å². The molecule has 5 heteroatoms. The van der Waals surface area contributed by atoms with Crippen molar-refractivity contribution in [3.63, 3.8) is 0 Å². The lowest BCUT2D eigenvalue weighted by Crippen LogP contribution is -2.31. The summed E-state index contributed by atoms with van der Waals surface area (Å²) in [5.74, 6) is 0.411. The average Bonchev–Trinajstić information content (AvgIpc) is 2.04. The van der Waals surface area contributed by atoms with E-state index in [0.717, 1.165) is 12.8 Å². The van der Waals surface area contributed by atoms with Gasteiger partial charge in [-0.2, -0.15) is 12.7 Å². The largest absolute Gasteiger partial charge is 0.299 e. The van der Waals surface area contributed by atoms with E-state index in [2.05, 4.69) is 13.8 Å². The van der Waals surface area contributed by atoms with Gasteiger partial charge in [0.05, 0.1) is 0 Å². The summed E-state index contributed by atoms with van der Waals surface area (Å²) in [6, 6.07) is 0. The third kappa shape index (κ3) is 4.84. The normalized spacial score (nSPS) is 12.8. The second-order valence-electron chi connectivity index (χ2n) is 3.08. The van der Waals surface area contributed by atoms with Crippen LogP contribution in [0.15, 0.2) is 0 Å². The molecule has 0 unspecified atom stereocenters. The molecular weight excluding hydrogens is 210 g/mol. The van der Waals surface area contributed by atoms with Gasteiger partial charge in [0.25, 0.3) is 9.24 Å². The van der Waals surface area contributed by atoms with E-state index in [4.69, 9.17) is 10.7 Å². The molecule has 0 heterocycles. The lowest BCUT2D eigenvalue weighted by molar-refractivity contribution is 0.344. The van der Waals surface area contributed by atoms with Gasteiger partial charge in [0.1, 0.15) is 0 Å². The first-order valence-electron chi connectivity index (χ1n) is 4.65. The zero-order valence-corrected chi connectivity index (χ0v) is 10.0. The van der Waals surface area contributed by atoms with Crippen molar-refractivity contribution in [2.45, 2.75) is 33.6 Å². The fraction of sp³-hybridized carbons (Fsp3) is 1.00. The van der Waals surface area contributed by atoms with Gasteiger partial charge in [-0.15, -0.1) is 0 Å². The highest BCUT2D eigenvalue weighted by atomic mass is 35.7. The van der Waals surface area contributed by atoms with Gasteiger partial charge in [-0.3, -0.25) is 0 Å². The van der Waals surface area contributed by atoms with Crippen LogP contribution in [0.1, 0.15) is 33.6 Å². The van der Waals surface area contributed by atoms with Crippen LogP contribution in [-0.4, -0.2) is 25.8 Å². The predicted octanol–water partition coefficient (Wildman–Crippen LogP) is 2.23. The molecule has 0 saturated carbocycles. The maximum Gasteiger partial charge on any atom is 0.299 e. The van der Waals surface area contributed by atoms with Crippen LogP contribution in [0.3, 0.4) is 0 Å². The van der Waals surface area contributed by atoms with Gasteiger partial charge in [0.2, 0.25) is 0 Å². The summed E-state index contributed by atoms with van der Waals surface area (Å²) in [5, 5.41) is 0. The number of halogens is 1. The zero-order valence-electron chi connectivity index (χ0n) is 8.46. The summed E-state index contributed by atoms with van der Waals surface area (Å²) in [5.41, 5.74) is 0. The van der Waals surface area contributed by atoms with E-state index in [-0.39, 0.29) is 0 Å². The van der Waals surface area contributed by atoms with E-state index < -0.39 is 9.24 Å². The molecule has 0 aromatic carbocycles. The Kier molecular flexibility index (Phi) is 5.92. The van der Waals surface area contributed by atoms with Gasteiger partial charge in [-0.1, -0.05) is 33.6 Å². The van der Waals surface area contributed by atoms with E-state index in [1.807, 2.05) is 0 Å². The molecule has 0 saturated heterocycles. The molecule has 13 heavy (non-hydrogen) atoms. The summed E-state index contributed by atoms with van der Waals surface area (Å²) < 4.78 is 23.4. The highest BCUT2D eigenvalue weighted by molar-refractivity contribution is 8.11. The molecule has 80 valence electrons. The molecule has 0 aromatic rings. The Bertz CT molecular complexity index is 224. The molecule has 0 N–H and O–H groups in total. The van der Waals surface area contributed by atoms with Gasteiger partial charge in [0.15, 0.2) is 0 Å². The van der Waals surface area contributed by atoms with Crippen LogP contribution in [-0.2, 0) is 9.24 Å². The molecule has 0 aliphatic heterocycles. The molecule has 0 aromatic heterocycles. The Hall–Kier alpha value is 0.200. The van der Waals surface area contributed by atoms with Crippen molar-refractivity contribution in [1.82, 2.24) is 4.31 Å². The van der Waals surface area contributed by atoms with Gasteiger partial charge in [-0.05, 0) is 5.92 Å². The number of rotatable bonds is 6. The minimum absolute atomic E-state index is 0.411. The van der Waals surface area contributed by atoms with E-state index in [1.165, 1.54) is 4.31 Å². The topological polar surface area (TPSA) is 37.4 Å². The fourth-order valence-corrected chi connectivity index (χ4v) is 2.37. The van der Waals surface area contributed by atoms with Crippen LogP contribution >= 0.6 is 10.7 Å². The first-order valence-corrected chi connectivity index (χ1v) is 6.91. The van der Waals surface area contributed by atoms with Crippen LogP contribution in [0.25, 0.3) is 0 Å². The van der Waals surface area contributed by atoms with Gasteiger partial charge >= 0.3 is 0 Å². The maximum absolute atomic E-state index is 11.0. The van der Waals surface area contributed by atoms with Crippen molar-refractivity contribution in [2.24, 2.45) is 5.92 Å². The van der Waals surface area contributed by atoms with Crippen molar-refractivity contribution in [2.75, 3.05) is 13.1 Å². The van der Waals surface area contributed by atoms with Crippen molar-refractivity contribution in [3.05, 3.63) is 0 Å². The molecule has 0 radical (unpaired) electrons. The van der Waals surface area contributed by atoms with E-state index in [9.17, 15) is 8.42 Å². The molecule has 0 rings (SSSR count). The third-order valence-electron chi connectivity index (χ3n) is 2.28. The van der Waals surface area contributed by atoms with Gasteiger partial charge < -0.3 is 0 Å². The molecule has 0 fully saturated rings. The van der Waals surface area contributed by atoms with Crippen LogP contribution in [0, 0.1) is 5.92 Å². The molecule has 0 spiro atoms. The second-order valence-corrected chi connectivity index (χ2v) is 5.59. The highest BCUT2D eigenvalue weighted by Gasteiger charge is 2.19. The maximum atomic E-state index is 11.0. The Balaban J connectivity index is 4.29. The van der Waals surface area contributed by atoms with Gasteiger partial charge in [-0.25, -0.2) is 0 Å². The SMILES string of the molecule is CCC(CC)CN(CC)S(=O)(=O)Cl. The minimum Gasteiger partial charge on any atom is -0.195 e. The van der Waals surface area contributed by atoms with Crippen LogP contribution < -0.4 is 0 Å². The van der Waals surface area contributed by atoms with Crippen LogP contribution in [0.2, 0.25) is 0 Å². The van der Waals surface area contributed by atoms with Crippen LogP contribution in [0.5, 0.6) is 0 Å². The average molecular weight is 228 g/mol. The summed E-state index contributed by atoms with van der Waals surface area (Å²) in [6.07, 6.45) is 1.97. The van der Waals surface area contributed by atoms with Crippen molar-refractivity contribution < 1.29 is 8.42 Å². The molecular formula is C8H18ClNO2S. The summed E-state index contributed by atoms with van der Waals surface area (Å²) in [7, 11) is 1.73. The van der Waals surface area contributed by atoms with Crippen molar-refractivity contribution >= 4 is 19.9 Å². The number of hydrogen-bond donors (Lipinski definition) is 0. The lowest BCUT2D eigenvalue weighted by atomic mass is 10.0. The first-order chi connectivity index (χ1) is 5.95. The zero-order chi connectivity index (χ0) is 10.5.